The van der Waals surface area contributed by atoms with Gasteiger partial charge in [-0.3, -0.25) is 0 Å². The highest BCUT2D eigenvalue weighted by molar-refractivity contribution is 6.76. The molecule has 0 unspecified atom stereocenters. The van der Waals surface area contributed by atoms with Crippen LogP contribution in [0.25, 0.3) is 11.2 Å². The van der Waals surface area contributed by atoms with Gasteiger partial charge in [-0.1, -0.05) is 31.2 Å². The van der Waals surface area contributed by atoms with Crippen LogP contribution >= 0.6 is 11.6 Å². The zero-order chi connectivity index (χ0) is 13.2. The lowest BCUT2D eigenvalue weighted by atomic mass is 10.6. The predicted molar refractivity (Wildman–Crippen MR) is 74.4 cm³/mol. The van der Waals surface area contributed by atoms with Gasteiger partial charge in [0.2, 0.25) is 5.65 Å². The Balaban J connectivity index is 1.92. The number of rotatable bonds is 5. The van der Waals surface area contributed by atoms with Crippen molar-refractivity contribution in [3.8, 4) is 0 Å². The molecular formula is C11H17ClN4OSi. The summed E-state index contributed by atoms with van der Waals surface area (Å²) >= 11 is 5.76. The van der Waals surface area contributed by atoms with Crippen LogP contribution < -0.4 is 0 Å². The van der Waals surface area contributed by atoms with Gasteiger partial charge in [0.15, 0.2) is 0 Å². The van der Waals surface area contributed by atoms with Gasteiger partial charge in [0.25, 0.3) is 0 Å². The molecule has 0 amide bonds. The van der Waals surface area contributed by atoms with Crippen molar-refractivity contribution in [2.75, 3.05) is 6.61 Å². The molecule has 0 N–H and O–H groups in total. The molecule has 5 nitrogen and oxygen atoms in total. The molecule has 0 aliphatic carbocycles. The van der Waals surface area contributed by atoms with E-state index in [-0.39, 0.29) is 0 Å². The third kappa shape index (κ3) is 3.76. The minimum Gasteiger partial charge on any atom is -0.360 e. The lowest BCUT2D eigenvalue weighted by Crippen LogP contribution is -2.22. The molecular weight excluding hydrogens is 268 g/mol. The van der Waals surface area contributed by atoms with E-state index in [1.807, 2.05) is 6.20 Å². The van der Waals surface area contributed by atoms with Crippen LogP contribution in [0.4, 0.5) is 0 Å². The molecule has 0 atom stereocenters. The Morgan fingerprint density at radius 1 is 1.39 bits per heavy atom. The van der Waals surface area contributed by atoms with Gasteiger partial charge >= 0.3 is 0 Å². The molecule has 18 heavy (non-hydrogen) atoms. The lowest BCUT2D eigenvalue weighted by Gasteiger charge is -2.15. The average Bonchev–Trinajstić information content (AvgIpc) is 2.65. The largest absolute Gasteiger partial charge is 0.360 e. The minimum atomic E-state index is -1.03. The topological polar surface area (TPSA) is 52.8 Å². The summed E-state index contributed by atoms with van der Waals surface area (Å²) in [6.07, 6.45) is 3.33. The van der Waals surface area contributed by atoms with Crippen LogP contribution in [0.3, 0.4) is 0 Å². The smallest absolute Gasteiger partial charge is 0.201 e. The summed E-state index contributed by atoms with van der Waals surface area (Å²) in [5.74, 6) is 0. The molecule has 98 valence electrons. The summed E-state index contributed by atoms with van der Waals surface area (Å²) in [7, 11) is -1.03. The molecule has 2 aromatic heterocycles. The second-order valence-electron chi connectivity index (χ2n) is 5.42. The first kappa shape index (κ1) is 13.4. The second kappa shape index (κ2) is 5.34. The van der Waals surface area contributed by atoms with Gasteiger partial charge in [0, 0.05) is 14.7 Å². The van der Waals surface area contributed by atoms with Crippen molar-refractivity contribution in [1.29, 1.82) is 0 Å². The summed E-state index contributed by atoms with van der Waals surface area (Å²) in [5, 5.41) is 4.61. The van der Waals surface area contributed by atoms with Crippen LogP contribution in [0, 0.1) is 0 Å². The van der Waals surface area contributed by atoms with Crippen molar-refractivity contribution in [1.82, 2.24) is 19.7 Å². The molecule has 0 radical (unpaired) electrons. The van der Waals surface area contributed by atoms with E-state index in [9.17, 15) is 0 Å². The first-order chi connectivity index (χ1) is 8.44. The van der Waals surface area contributed by atoms with Crippen molar-refractivity contribution in [2.24, 2.45) is 0 Å². The van der Waals surface area contributed by atoms with Crippen LogP contribution in [0.2, 0.25) is 30.8 Å². The molecule has 2 aromatic rings. The molecule has 0 fully saturated rings. The summed E-state index contributed by atoms with van der Waals surface area (Å²) in [6, 6.07) is 1.15. The van der Waals surface area contributed by atoms with Crippen LogP contribution in [0.1, 0.15) is 0 Å². The lowest BCUT2D eigenvalue weighted by molar-refractivity contribution is 0.0790. The number of nitrogens with zero attached hydrogens (tertiary/aromatic N) is 4. The van der Waals surface area contributed by atoms with Gasteiger partial charge < -0.3 is 4.74 Å². The van der Waals surface area contributed by atoms with Gasteiger partial charge in [-0.25, -0.2) is 14.6 Å². The summed E-state index contributed by atoms with van der Waals surface area (Å²) in [4.78, 5) is 8.23. The van der Waals surface area contributed by atoms with E-state index in [1.165, 1.54) is 6.20 Å². The van der Waals surface area contributed by atoms with Gasteiger partial charge in [0.05, 0.1) is 12.4 Å². The standard InChI is InChI=1S/C11H17ClN4OSi/c1-18(2,3)5-4-17-8-16-7-9-11(15-16)14-10(12)6-13-9/h6-7H,4-5,8H2,1-3H3. The molecule has 0 aliphatic rings. The van der Waals surface area contributed by atoms with Crippen molar-refractivity contribution in [3.63, 3.8) is 0 Å². The van der Waals surface area contributed by atoms with E-state index in [0.29, 0.717) is 17.5 Å². The predicted octanol–water partition coefficient (Wildman–Crippen LogP) is 2.79. The van der Waals surface area contributed by atoms with Crippen molar-refractivity contribution < 1.29 is 4.74 Å². The molecule has 0 aliphatic heterocycles. The molecule has 0 aromatic carbocycles. The van der Waals surface area contributed by atoms with Crippen LogP contribution in [0.5, 0.6) is 0 Å². The highest BCUT2D eigenvalue weighted by Crippen LogP contribution is 2.11. The van der Waals surface area contributed by atoms with Gasteiger partial charge in [-0.05, 0) is 6.04 Å². The van der Waals surface area contributed by atoms with Gasteiger partial charge in [0.1, 0.15) is 17.4 Å². The Bertz CT molecular complexity index is 537. The van der Waals surface area contributed by atoms with E-state index in [0.717, 1.165) is 18.2 Å². The maximum atomic E-state index is 5.76. The molecule has 0 saturated heterocycles. The van der Waals surface area contributed by atoms with Crippen molar-refractivity contribution >= 4 is 30.8 Å². The van der Waals surface area contributed by atoms with Crippen LogP contribution in [0.15, 0.2) is 12.4 Å². The molecule has 2 rings (SSSR count). The van der Waals surface area contributed by atoms with E-state index in [4.69, 9.17) is 16.3 Å². The van der Waals surface area contributed by atoms with Crippen LogP contribution in [-0.2, 0) is 11.5 Å². The second-order valence-corrected chi connectivity index (χ2v) is 11.4. The van der Waals surface area contributed by atoms with Gasteiger partial charge in [-0.2, -0.15) is 0 Å². The fourth-order valence-electron chi connectivity index (χ4n) is 1.43. The zero-order valence-corrected chi connectivity index (χ0v) is 12.6. The molecule has 0 bridgehead atoms. The quantitative estimate of drug-likeness (QED) is 0.626. The molecule has 7 heteroatoms. The first-order valence-electron chi connectivity index (χ1n) is 5.87. The van der Waals surface area contributed by atoms with Gasteiger partial charge in [-0.15, -0.1) is 5.10 Å². The maximum Gasteiger partial charge on any atom is 0.201 e. The zero-order valence-electron chi connectivity index (χ0n) is 10.9. The SMILES string of the molecule is C[Si](C)(C)CCOCn1cc2ncc(Cl)nc2n1. The van der Waals surface area contributed by atoms with E-state index >= 15 is 0 Å². The maximum absolute atomic E-state index is 5.76. The third-order valence-electron chi connectivity index (χ3n) is 2.47. The van der Waals surface area contributed by atoms with Crippen molar-refractivity contribution in [3.05, 3.63) is 17.5 Å². The molecule has 2 heterocycles. The molecule has 0 saturated carbocycles. The summed E-state index contributed by atoms with van der Waals surface area (Å²) in [6.45, 7) is 8.19. The van der Waals surface area contributed by atoms with E-state index < -0.39 is 8.07 Å². The first-order valence-corrected chi connectivity index (χ1v) is 9.96. The number of ether oxygens (including phenoxy) is 1. The highest BCUT2D eigenvalue weighted by Gasteiger charge is 2.12. The summed E-state index contributed by atoms with van der Waals surface area (Å²) in [5.41, 5.74) is 1.28. The van der Waals surface area contributed by atoms with Crippen LogP contribution in [-0.4, -0.2) is 34.4 Å². The van der Waals surface area contributed by atoms with Crippen molar-refractivity contribution in [2.45, 2.75) is 32.4 Å². The fraction of sp³-hybridized carbons (Fsp3) is 0.545. The number of hydrogen-bond donors (Lipinski definition) is 0. The Morgan fingerprint density at radius 3 is 2.89 bits per heavy atom. The number of fused-ring (bicyclic) bond motifs is 1. The average molecular weight is 285 g/mol. The Labute approximate surface area is 112 Å². The fourth-order valence-corrected chi connectivity index (χ4v) is 2.31. The molecule has 0 spiro atoms. The van der Waals surface area contributed by atoms with E-state index in [2.05, 4.69) is 34.7 Å². The number of hydrogen-bond acceptors (Lipinski definition) is 4. The Morgan fingerprint density at radius 2 is 2.17 bits per heavy atom. The Kier molecular flexibility index (Phi) is 3.99. The third-order valence-corrected chi connectivity index (χ3v) is 4.35. The minimum absolute atomic E-state index is 0.354. The monoisotopic (exact) mass is 284 g/mol. The summed E-state index contributed by atoms with van der Waals surface area (Å²) < 4.78 is 7.30. The highest BCUT2D eigenvalue weighted by atomic mass is 35.5. The normalized spacial score (nSPS) is 12.2. The number of halogens is 1. The Hall–Kier alpha value is -0.983. The van der Waals surface area contributed by atoms with E-state index in [1.54, 1.807) is 4.68 Å². The number of aromatic nitrogens is 4.